The second kappa shape index (κ2) is 6.50. The Bertz CT molecular complexity index is 855. The number of carboxylic acid groups (broad SMARTS) is 1. The molecule has 0 aliphatic rings. The van der Waals surface area contributed by atoms with Gasteiger partial charge in [-0.15, -0.1) is 0 Å². The summed E-state index contributed by atoms with van der Waals surface area (Å²) < 4.78 is 1.60. The summed E-state index contributed by atoms with van der Waals surface area (Å²) in [6.45, 7) is 0. The zero-order chi connectivity index (χ0) is 16.2. The fourth-order valence-electron chi connectivity index (χ4n) is 2.26. The summed E-state index contributed by atoms with van der Waals surface area (Å²) in [6.07, 6.45) is 2.53. The van der Waals surface area contributed by atoms with Crippen molar-refractivity contribution in [3.8, 4) is 16.9 Å². The Kier molecular flexibility index (Phi) is 4.26. The van der Waals surface area contributed by atoms with Gasteiger partial charge in [-0.3, -0.25) is 0 Å². The first-order valence-corrected chi connectivity index (χ1v) is 7.35. The van der Waals surface area contributed by atoms with E-state index in [2.05, 4.69) is 5.10 Å². The average molecular weight is 325 g/mol. The molecule has 23 heavy (non-hydrogen) atoms. The molecule has 0 atom stereocenters. The number of aromatic nitrogens is 2. The van der Waals surface area contributed by atoms with E-state index < -0.39 is 5.97 Å². The molecule has 1 aromatic heterocycles. The highest BCUT2D eigenvalue weighted by Crippen LogP contribution is 2.31. The predicted molar refractivity (Wildman–Crippen MR) is 90.7 cm³/mol. The topological polar surface area (TPSA) is 55.1 Å². The second-order valence-electron chi connectivity index (χ2n) is 4.84. The van der Waals surface area contributed by atoms with Crippen molar-refractivity contribution in [3.05, 3.63) is 77.5 Å². The lowest BCUT2D eigenvalue weighted by atomic mass is 10.1. The molecular formula is C18H13ClN2O2. The number of rotatable bonds is 4. The smallest absolute Gasteiger partial charge is 0.328 e. The molecule has 0 spiro atoms. The summed E-state index contributed by atoms with van der Waals surface area (Å²) in [4.78, 5) is 10.9. The van der Waals surface area contributed by atoms with Crippen LogP contribution in [0.1, 0.15) is 5.56 Å². The Balaban J connectivity index is 2.20. The number of nitrogens with zero attached hydrogens (tertiary/aromatic N) is 2. The van der Waals surface area contributed by atoms with E-state index in [0.717, 1.165) is 17.3 Å². The zero-order valence-electron chi connectivity index (χ0n) is 12.1. The van der Waals surface area contributed by atoms with Crippen molar-refractivity contribution in [3.63, 3.8) is 0 Å². The van der Waals surface area contributed by atoms with E-state index in [9.17, 15) is 4.79 Å². The zero-order valence-corrected chi connectivity index (χ0v) is 12.8. The highest BCUT2D eigenvalue weighted by Gasteiger charge is 2.17. The number of carboxylic acids is 1. The van der Waals surface area contributed by atoms with Crippen LogP contribution >= 0.6 is 11.6 Å². The van der Waals surface area contributed by atoms with Gasteiger partial charge in [0.05, 0.1) is 5.69 Å². The molecular weight excluding hydrogens is 312 g/mol. The molecule has 0 saturated heterocycles. The number of hydrogen-bond acceptors (Lipinski definition) is 2. The van der Waals surface area contributed by atoms with Crippen LogP contribution in [0.4, 0.5) is 0 Å². The molecule has 1 heterocycles. The molecule has 2 aromatic carbocycles. The van der Waals surface area contributed by atoms with Crippen molar-refractivity contribution < 1.29 is 9.90 Å². The molecule has 0 aliphatic carbocycles. The summed E-state index contributed by atoms with van der Waals surface area (Å²) in [6, 6.07) is 19.0. The third-order valence-corrected chi connectivity index (χ3v) is 3.67. The first-order chi connectivity index (χ1) is 11.2. The third-order valence-electron chi connectivity index (χ3n) is 3.30. The summed E-state index contributed by atoms with van der Waals surface area (Å²) in [7, 11) is 0. The van der Waals surface area contributed by atoms with Gasteiger partial charge in [-0.1, -0.05) is 60.1 Å². The molecule has 3 rings (SSSR count). The number of carbonyl (C=O) groups is 1. The van der Waals surface area contributed by atoms with Crippen LogP contribution in [0.2, 0.25) is 5.15 Å². The Morgan fingerprint density at radius 3 is 2.26 bits per heavy atom. The van der Waals surface area contributed by atoms with Gasteiger partial charge in [0, 0.05) is 17.2 Å². The molecule has 1 N–H and O–H groups in total. The van der Waals surface area contributed by atoms with E-state index in [-0.39, 0.29) is 0 Å². The Morgan fingerprint density at radius 2 is 1.65 bits per heavy atom. The van der Waals surface area contributed by atoms with Gasteiger partial charge in [-0.2, -0.15) is 5.10 Å². The molecule has 5 heteroatoms. The van der Waals surface area contributed by atoms with E-state index in [1.54, 1.807) is 4.68 Å². The van der Waals surface area contributed by atoms with Crippen molar-refractivity contribution in [1.82, 2.24) is 9.78 Å². The molecule has 3 aromatic rings. The molecule has 0 bridgehead atoms. The molecule has 0 saturated carbocycles. The lowest BCUT2D eigenvalue weighted by molar-refractivity contribution is -0.131. The van der Waals surface area contributed by atoms with Gasteiger partial charge in [-0.05, 0) is 18.2 Å². The standard InChI is InChI=1S/C18H13ClN2O2/c19-18-15(11-12-16(22)23)17(13-7-3-1-4-8-13)20-21(18)14-9-5-2-6-10-14/h1-12H,(H,22,23)/b12-11+. The Morgan fingerprint density at radius 1 is 1.04 bits per heavy atom. The van der Waals surface area contributed by atoms with E-state index >= 15 is 0 Å². The maximum Gasteiger partial charge on any atom is 0.328 e. The number of halogens is 1. The normalized spacial score (nSPS) is 11.0. The van der Waals surface area contributed by atoms with Crippen LogP contribution in [0.3, 0.4) is 0 Å². The minimum absolute atomic E-state index is 0.368. The second-order valence-corrected chi connectivity index (χ2v) is 5.20. The molecule has 0 fully saturated rings. The summed E-state index contributed by atoms with van der Waals surface area (Å²) in [5, 5.41) is 13.8. The van der Waals surface area contributed by atoms with E-state index in [4.69, 9.17) is 16.7 Å². The van der Waals surface area contributed by atoms with Gasteiger partial charge in [0.15, 0.2) is 0 Å². The number of benzene rings is 2. The van der Waals surface area contributed by atoms with Gasteiger partial charge in [0.1, 0.15) is 10.8 Å². The first-order valence-electron chi connectivity index (χ1n) is 6.97. The van der Waals surface area contributed by atoms with Crippen LogP contribution < -0.4 is 0 Å². The lowest BCUT2D eigenvalue weighted by Crippen LogP contribution is -1.96. The van der Waals surface area contributed by atoms with Crippen molar-refractivity contribution in [2.45, 2.75) is 0 Å². The van der Waals surface area contributed by atoms with Crippen molar-refractivity contribution in [2.24, 2.45) is 0 Å². The summed E-state index contributed by atoms with van der Waals surface area (Å²) in [5.74, 6) is -1.03. The van der Waals surface area contributed by atoms with E-state index in [1.807, 2.05) is 60.7 Å². The highest BCUT2D eigenvalue weighted by atomic mass is 35.5. The van der Waals surface area contributed by atoms with Gasteiger partial charge in [0.2, 0.25) is 0 Å². The number of aliphatic carboxylic acids is 1. The molecule has 0 unspecified atom stereocenters. The van der Waals surface area contributed by atoms with Crippen molar-refractivity contribution in [2.75, 3.05) is 0 Å². The maximum absolute atomic E-state index is 10.9. The fourth-order valence-corrected chi connectivity index (χ4v) is 2.55. The van der Waals surface area contributed by atoms with Crippen LogP contribution in [0, 0.1) is 0 Å². The highest BCUT2D eigenvalue weighted by molar-refractivity contribution is 6.32. The molecule has 0 amide bonds. The van der Waals surface area contributed by atoms with Crippen LogP contribution in [-0.4, -0.2) is 20.9 Å². The Hall–Kier alpha value is -2.85. The van der Waals surface area contributed by atoms with Gasteiger partial charge in [-0.25, -0.2) is 9.48 Å². The molecule has 114 valence electrons. The Labute approximate surface area is 138 Å². The molecule has 4 nitrogen and oxygen atoms in total. The lowest BCUT2D eigenvalue weighted by Gasteiger charge is -2.01. The number of para-hydroxylation sites is 1. The predicted octanol–water partition coefficient (Wildman–Crippen LogP) is 4.29. The van der Waals surface area contributed by atoms with Crippen molar-refractivity contribution >= 4 is 23.6 Å². The van der Waals surface area contributed by atoms with Crippen LogP contribution in [0.5, 0.6) is 0 Å². The van der Waals surface area contributed by atoms with Gasteiger partial charge >= 0.3 is 5.97 Å². The number of hydrogen-bond donors (Lipinski definition) is 1. The minimum Gasteiger partial charge on any atom is -0.478 e. The monoisotopic (exact) mass is 324 g/mol. The fraction of sp³-hybridized carbons (Fsp3) is 0. The average Bonchev–Trinajstić information content (AvgIpc) is 2.91. The molecule has 0 radical (unpaired) electrons. The van der Waals surface area contributed by atoms with Crippen LogP contribution in [0.25, 0.3) is 23.0 Å². The quantitative estimate of drug-likeness (QED) is 0.728. The largest absolute Gasteiger partial charge is 0.478 e. The van der Waals surface area contributed by atoms with Crippen molar-refractivity contribution in [1.29, 1.82) is 0 Å². The minimum atomic E-state index is -1.03. The molecule has 0 aliphatic heterocycles. The maximum atomic E-state index is 10.9. The SMILES string of the molecule is O=C(O)/C=C/c1c(-c2ccccc2)nn(-c2ccccc2)c1Cl. The third kappa shape index (κ3) is 3.17. The van der Waals surface area contributed by atoms with Gasteiger partial charge in [0.25, 0.3) is 0 Å². The van der Waals surface area contributed by atoms with E-state index in [1.165, 1.54) is 6.08 Å². The van der Waals surface area contributed by atoms with E-state index in [0.29, 0.717) is 16.4 Å². The summed E-state index contributed by atoms with van der Waals surface area (Å²) >= 11 is 6.45. The van der Waals surface area contributed by atoms with Gasteiger partial charge < -0.3 is 5.11 Å². The van der Waals surface area contributed by atoms with Crippen LogP contribution in [-0.2, 0) is 4.79 Å². The summed E-state index contributed by atoms with van der Waals surface area (Å²) in [5.41, 5.74) is 2.89. The van der Waals surface area contributed by atoms with Crippen LogP contribution in [0.15, 0.2) is 66.7 Å². The first kappa shape index (κ1) is 15.1.